The van der Waals surface area contributed by atoms with Crippen molar-refractivity contribution in [2.24, 2.45) is 5.92 Å². The highest BCUT2D eigenvalue weighted by molar-refractivity contribution is 5.14. The minimum atomic E-state index is -0.226. The van der Waals surface area contributed by atoms with E-state index in [1.807, 2.05) is 13.0 Å². The first-order valence-electron chi connectivity index (χ1n) is 6.59. The molecule has 2 unspecified atom stereocenters. The van der Waals surface area contributed by atoms with Gasteiger partial charge in [-0.25, -0.2) is 0 Å². The molecular weight excluding hydrogens is 215 g/mol. The van der Waals surface area contributed by atoms with Gasteiger partial charge >= 0.3 is 0 Å². The summed E-state index contributed by atoms with van der Waals surface area (Å²) < 4.78 is 12.8. The number of rotatable bonds is 5. The van der Waals surface area contributed by atoms with Crippen LogP contribution in [-0.4, -0.2) is 37.3 Å². The molecular formula is C14H25FN2. The van der Waals surface area contributed by atoms with Gasteiger partial charge in [0, 0.05) is 31.4 Å². The maximum atomic E-state index is 12.8. The van der Waals surface area contributed by atoms with E-state index < -0.39 is 0 Å². The van der Waals surface area contributed by atoms with Gasteiger partial charge < -0.3 is 5.32 Å². The van der Waals surface area contributed by atoms with Crippen molar-refractivity contribution in [1.29, 1.82) is 0 Å². The summed E-state index contributed by atoms with van der Waals surface area (Å²) in [5, 5.41) is 3.34. The lowest BCUT2D eigenvalue weighted by molar-refractivity contribution is 0.129. The van der Waals surface area contributed by atoms with Crippen LogP contribution in [0.2, 0.25) is 0 Å². The van der Waals surface area contributed by atoms with Gasteiger partial charge in [-0.2, -0.15) is 0 Å². The molecule has 2 atom stereocenters. The molecule has 0 aromatic heterocycles. The molecule has 0 radical (unpaired) electrons. The van der Waals surface area contributed by atoms with Crippen molar-refractivity contribution in [3.63, 3.8) is 0 Å². The van der Waals surface area contributed by atoms with Crippen LogP contribution in [0.5, 0.6) is 0 Å². The van der Waals surface area contributed by atoms with E-state index in [1.54, 1.807) is 0 Å². The molecule has 0 aromatic carbocycles. The van der Waals surface area contributed by atoms with E-state index >= 15 is 0 Å². The third-order valence-electron chi connectivity index (χ3n) is 3.52. The molecule has 0 aromatic rings. The molecule has 17 heavy (non-hydrogen) atoms. The van der Waals surface area contributed by atoms with Crippen molar-refractivity contribution >= 4 is 0 Å². The second kappa shape index (κ2) is 7.49. The first-order chi connectivity index (χ1) is 8.22. The molecule has 1 N–H and O–H groups in total. The third kappa shape index (κ3) is 4.15. The third-order valence-corrected chi connectivity index (χ3v) is 3.52. The second-order valence-corrected chi connectivity index (χ2v) is 4.72. The highest BCUT2D eigenvalue weighted by Crippen LogP contribution is 2.17. The summed E-state index contributed by atoms with van der Waals surface area (Å²) in [6, 6.07) is 0.362. The topological polar surface area (TPSA) is 15.3 Å². The van der Waals surface area contributed by atoms with Crippen LogP contribution in [0.1, 0.15) is 26.7 Å². The summed E-state index contributed by atoms with van der Waals surface area (Å²) in [6.45, 7) is 10.6. The van der Waals surface area contributed by atoms with Gasteiger partial charge in [0.2, 0.25) is 0 Å². The van der Waals surface area contributed by atoms with Crippen molar-refractivity contribution in [3.8, 4) is 0 Å². The Hall–Kier alpha value is -0.830. The summed E-state index contributed by atoms with van der Waals surface area (Å²) in [4.78, 5) is 2.41. The zero-order valence-electron chi connectivity index (χ0n) is 11.1. The van der Waals surface area contributed by atoms with Gasteiger partial charge in [0.25, 0.3) is 0 Å². The Bertz CT molecular complexity index is 263. The molecule has 0 bridgehead atoms. The predicted molar refractivity (Wildman–Crippen MR) is 71.7 cm³/mol. The summed E-state index contributed by atoms with van der Waals surface area (Å²) in [6.07, 6.45) is 6.05. The Labute approximate surface area is 105 Å². The molecule has 0 saturated carbocycles. The van der Waals surface area contributed by atoms with Crippen LogP contribution >= 0.6 is 0 Å². The molecule has 1 rings (SSSR count). The molecule has 1 aliphatic rings. The minimum Gasteiger partial charge on any atom is -0.384 e. The maximum Gasteiger partial charge on any atom is 0.0934 e. The molecule has 0 amide bonds. The minimum absolute atomic E-state index is 0.127. The highest BCUT2D eigenvalue weighted by atomic mass is 19.1. The SMILES string of the molecule is C=C/C1=C/CCN(C(CC)C(C)CF)CCN1. The normalized spacial score (nSPS) is 24.8. The Balaban J connectivity index is 2.60. The van der Waals surface area contributed by atoms with E-state index in [0.29, 0.717) is 6.04 Å². The lowest BCUT2D eigenvalue weighted by atomic mass is 9.98. The van der Waals surface area contributed by atoms with E-state index in [9.17, 15) is 4.39 Å². The molecule has 0 saturated heterocycles. The number of alkyl halides is 1. The average molecular weight is 240 g/mol. The van der Waals surface area contributed by atoms with Crippen LogP contribution in [0.15, 0.2) is 24.4 Å². The van der Waals surface area contributed by atoms with Crippen molar-refractivity contribution in [3.05, 3.63) is 24.4 Å². The number of allylic oxidation sites excluding steroid dienone is 1. The monoisotopic (exact) mass is 240 g/mol. The second-order valence-electron chi connectivity index (χ2n) is 4.72. The fourth-order valence-corrected chi connectivity index (χ4v) is 2.52. The number of nitrogens with zero attached hydrogens (tertiary/aromatic N) is 1. The standard InChI is InChI=1S/C14H25FN2/c1-4-13-7-6-9-17(10-8-16-13)14(5-2)12(3)11-15/h4,7,12,14,16H,1,5-6,8-11H2,2-3H3/b13-7-. The smallest absolute Gasteiger partial charge is 0.0934 e. The van der Waals surface area contributed by atoms with Crippen LogP contribution in [0.3, 0.4) is 0 Å². The Morgan fingerprint density at radius 2 is 2.35 bits per heavy atom. The van der Waals surface area contributed by atoms with Gasteiger partial charge in [-0.1, -0.05) is 26.5 Å². The van der Waals surface area contributed by atoms with E-state index in [0.717, 1.165) is 38.2 Å². The van der Waals surface area contributed by atoms with Gasteiger partial charge in [-0.3, -0.25) is 9.29 Å². The number of hydrogen-bond acceptors (Lipinski definition) is 2. The number of nitrogens with one attached hydrogen (secondary N) is 1. The van der Waals surface area contributed by atoms with Crippen molar-refractivity contribution in [2.75, 3.05) is 26.3 Å². The molecule has 0 aliphatic carbocycles. The average Bonchev–Trinajstić information content (AvgIpc) is 2.32. The first kappa shape index (κ1) is 14.2. The van der Waals surface area contributed by atoms with Crippen molar-refractivity contribution in [2.45, 2.75) is 32.7 Å². The zero-order chi connectivity index (χ0) is 12.7. The van der Waals surface area contributed by atoms with E-state index in [1.165, 1.54) is 0 Å². The summed E-state index contributed by atoms with van der Waals surface area (Å²) in [5.41, 5.74) is 1.12. The largest absolute Gasteiger partial charge is 0.384 e. The zero-order valence-corrected chi connectivity index (χ0v) is 11.1. The molecule has 98 valence electrons. The van der Waals surface area contributed by atoms with E-state index in [2.05, 4.69) is 29.8 Å². The molecule has 0 spiro atoms. The highest BCUT2D eigenvalue weighted by Gasteiger charge is 2.22. The van der Waals surface area contributed by atoms with Crippen LogP contribution < -0.4 is 5.32 Å². The van der Waals surface area contributed by atoms with E-state index in [-0.39, 0.29) is 12.6 Å². The Morgan fingerprint density at radius 3 is 2.94 bits per heavy atom. The lowest BCUT2D eigenvalue weighted by Gasteiger charge is -2.35. The lowest BCUT2D eigenvalue weighted by Crippen LogP contribution is -2.44. The first-order valence-corrected chi connectivity index (χ1v) is 6.59. The fraction of sp³-hybridized carbons (Fsp3) is 0.714. The Morgan fingerprint density at radius 1 is 1.59 bits per heavy atom. The fourth-order valence-electron chi connectivity index (χ4n) is 2.52. The molecule has 3 heteroatoms. The van der Waals surface area contributed by atoms with Gasteiger partial charge in [0.05, 0.1) is 6.67 Å². The van der Waals surface area contributed by atoms with Crippen LogP contribution in [0.25, 0.3) is 0 Å². The van der Waals surface area contributed by atoms with Crippen LogP contribution in [0.4, 0.5) is 4.39 Å². The molecule has 1 heterocycles. The Kier molecular flexibility index (Phi) is 6.27. The van der Waals surface area contributed by atoms with Gasteiger partial charge in [0.1, 0.15) is 0 Å². The maximum absolute atomic E-state index is 12.8. The number of hydrogen-bond donors (Lipinski definition) is 1. The van der Waals surface area contributed by atoms with Crippen molar-refractivity contribution in [1.82, 2.24) is 10.2 Å². The summed E-state index contributed by atoms with van der Waals surface area (Å²) in [5.74, 6) is 0.127. The molecule has 0 fully saturated rings. The number of halogens is 1. The van der Waals surface area contributed by atoms with Crippen LogP contribution in [-0.2, 0) is 0 Å². The summed E-state index contributed by atoms with van der Waals surface area (Å²) in [7, 11) is 0. The van der Waals surface area contributed by atoms with Crippen molar-refractivity contribution < 1.29 is 4.39 Å². The van der Waals surface area contributed by atoms with Gasteiger partial charge in [0.15, 0.2) is 0 Å². The van der Waals surface area contributed by atoms with Gasteiger partial charge in [-0.05, 0) is 24.8 Å². The van der Waals surface area contributed by atoms with Gasteiger partial charge in [-0.15, -0.1) is 0 Å². The van der Waals surface area contributed by atoms with Crippen LogP contribution in [0, 0.1) is 5.92 Å². The predicted octanol–water partition coefficient (Wildman–Crippen LogP) is 2.74. The molecule has 2 nitrogen and oxygen atoms in total. The molecule has 1 aliphatic heterocycles. The quantitative estimate of drug-likeness (QED) is 0.795. The van der Waals surface area contributed by atoms with E-state index in [4.69, 9.17) is 0 Å². The summed E-state index contributed by atoms with van der Waals surface area (Å²) >= 11 is 0.